The quantitative estimate of drug-likeness (QED) is 0.712. The minimum atomic E-state index is -0.546. The molecule has 1 heterocycles. The fraction of sp³-hybridized carbons (Fsp3) is 0.462. The molecule has 2 amide bonds. The van der Waals surface area contributed by atoms with Crippen LogP contribution in [0.2, 0.25) is 0 Å². The first-order valence-corrected chi connectivity index (χ1v) is 11.3. The van der Waals surface area contributed by atoms with Gasteiger partial charge in [0.2, 0.25) is 5.91 Å². The number of hydrogen-bond acceptors (Lipinski definition) is 3. The zero-order valence-electron chi connectivity index (χ0n) is 19.3. The van der Waals surface area contributed by atoms with Gasteiger partial charge in [-0.2, -0.15) is 0 Å². The second-order valence-electron chi connectivity index (χ2n) is 8.54. The van der Waals surface area contributed by atoms with Gasteiger partial charge in [0.1, 0.15) is 5.75 Å². The van der Waals surface area contributed by atoms with E-state index in [1.54, 1.807) is 0 Å². The van der Waals surface area contributed by atoms with Gasteiger partial charge in [-0.1, -0.05) is 49.7 Å². The van der Waals surface area contributed by atoms with Crippen molar-refractivity contribution in [2.75, 3.05) is 6.54 Å². The smallest absolute Gasteiger partial charge is 0.261 e. The van der Waals surface area contributed by atoms with Crippen molar-refractivity contribution in [2.24, 2.45) is 0 Å². The normalized spacial score (nSPS) is 16.6. The van der Waals surface area contributed by atoms with E-state index < -0.39 is 6.10 Å². The lowest BCUT2D eigenvalue weighted by Gasteiger charge is -2.38. The minimum absolute atomic E-state index is 0.0632. The summed E-state index contributed by atoms with van der Waals surface area (Å²) in [5.41, 5.74) is 4.58. The highest BCUT2D eigenvalue weighted by atomic mass is 16.5. The van der Waals surface area contributed by atoms with Crippen LogP contribution < -0.4 is 10.1 Å². The SMILES string of the molecule is CCC(=O)N1CCc2ccc(O[C@@H](CC)C(=O)NC(C)C)cc2[C@@H]1c1ccc(C)cc1. The van der Waals surface area contributed by atoms with Gasteiger partial charge < -0.3 is 15.0 Å². The van der Waals surface area contributed by atoms with Crippen LogP contribution in [0.1, 0.15) is 68.8 Å². The molecule has 0 aromatic heterocycles. The van der Waals surface area contributed by atoms with Crippen molar-refractivity contribution in [3.8, 4) is 5.75 Å². The number of carbonyl (C=O) groups is 2. The number of rotatable bonds is 7. The van der Waals surface area contributed by atoms with Crippen molar-refractivity contribution in [2.45, 2.75) is 72.1 Å². The molecule has 5 heteroatoms. The molecule has 0 saturated carbocycles. The summed E-state index contributed by atoms with van der Waals surface area (Å²) in [6.45, 7) is 10.5. The Bertz CT molecular complexity index is 921. The Hall–Kier alpha value is -2.82. The van der Waals surface area contributed by atoms with Crippen LogP contribution in [0.5, 0.6) is 5.75 Å². The molecule has 0 unspecified atom stereocenters. The minimum Gasteiger partial charge on any atom is -0.481 e. The van der Waals surface area contributed by atoms with E-state index in [4.69, 9.17) is 4.74 Å². The number of ether oxygens (including phenoxy) is 1. The molecule has 166 valence electrons. The Morgan fingerprint density at radius 2 is 1.84 bits per heavy atom. The molecule has 2 aromatic rings. The number of nitrogens with zero attached hydrogens (tertiary/aromatic N) is 1. The van der Waals surface area contributed by atoms with Gasteiger partial charge in [0, 0.05) is 19.0 Å². The Balaban J connectivity index is 1.97. The van der Waals surface area contributed by atoms with Gasteiger partial charge in [0.05, 0.1) is 6.04 Å². The summed E-state index contributed by atoms with van der Waals surface area (Å²) in [5.74, 6) is 0.700. The second kappa shape index (κ2) is 9.99. The van der Waals surface area contributed by atoms with Crippen LogP contribution in [0.25, 0.3) is 0 Å². The lowest BCUT2D eigenvalue weighted by atomic mass is 9.87. The molecule has 5 nitrogen and oxygen atoms in total. The molecule has 2 atom stereocenters. The number of fused-ring (bicyclic) bond motifs is 1. The van der Waals surface area contributed by atoms with Gasteiger partial charge in [-0.05, 0) is 62.4 Å². The lowest BCUT2D eigenvalue weighted by molar-refractivity contribution is -0.133. The molecule has 0 aliphatic carbocycles. The Morgan fingerprint density at radius 1 is 1.13 bits per heavy atom. The number of benzene rings is 2. The summed E-state index contributed by atoms with van der Waals surface area (Å²) in [5, 5.41) is 2.93. The van der Waals surface area contributed by atoms with E-state index in [1.807, 2.05) is 44.7 Å². The maximum absolute atomic E-state index is 12.8. The van der Waals surface area contributed by atoms with Gasteiger partial charge >= 0.3 is 0 Å². The standard InChI is InChI=1S/C26H34N2O3/c1-6-23(26(30)27-17(3)4)31-21-13-12-19-14-15-28(24(29)7-2)25(22(19)16-21)20-10-8-18(5)9-11-20/h8-13,16-17,23,25H,6-7,14-15H2,1-5H3,(H,27,30)/t23-,25-/m0/s1. The molecule has 0 saturated heterocycles. The van der Waals surface area contributed by atoms with E-state index in [-0.39, 0.29) is 23.9 Å². The van der Waals surface area contributed by atoms with E-state index >= 15 is 0 Å². The zero-order chi connectivity index (χ0) is 22.5. The average Bonchev–Trinajstić information content (AvgIpc) is 2.76. The molecule has 0 fully saturated rings. The summed E-state index contributed by atoms with van der Waals surface area (Å²) >= 11 is 0. The number of carbonyl (C=O) groups excluding carboxylic acids is 2. The average molecular weight is 423 g/mol. The van der Waals surface area contributed by atoms with E-state index in [2.05, 4.69) is 42.6 Å². The van der Waals surface area contributed by atoms with Crippen molar-refractivity contribution < 1.29 is 14.3 Å². The molecular formula is C26H34N2O3. The summed E-state index contributed by atoms with van der Waals surface area (Å²) in [6, 6.07) is 14.3. The molecule has 0 spiro atoms. The molecule has 1 N–H and O–H groups in total. The number of hydrogen-bond donors (Lipinski definition) is 1. The van der Waals surface area contributed by atoms with Crippen molar-refractivity contribution in [3.05, 3.63) is 64.7 Å². The van der Waals surface area contributed by atoms with Crippen molar-refractivity contribution in [3.63, 3.8) is 0 Å². The van der Waals surface area contributed by atoms with Crippen LogP contribution in [-0.4, -0.2) is 35.4 Å². The van der Waals surface area contributed by atoms with Crippen molar-refractivity contribution in [1.29, 1.82) is 0 Å². The Morgan fingerprint density at radius 3 is 2.45 bits per heavy atom. The Labute approximate surface area is 185 Å². The molecule has 1 aliphatic heterocycles. The number of nitrogens with one attached hydrogen (secondary N) is 1. The first-order chi connectivity index (χ1) is 14.8. The van der Waals surface area contributed by atoms with Crippen LogP contribution in [-0.2, 0) is 16.0 Å². The number of aryl methyl sites for hydroxylation is 1. The van der Waals surface area contributed by atoms with Crippen LogP contribution in [0.15, 0.2) is 42.5 Å². The Kier molecular flexibility index (Phi) is 7.37. The van der Waals surface area contributed by atoms with Crippen LogP contribution in [0.3, 0.4) is 0 Å². The highest BCUT2D eigenvalue weighted by molar-refractivity contribution is 5.81. The van der Waals surface area contributed by atoms with E-state index in [9.17, 15) is 9.59 Å². The lowest BCUT2D eigenvalue weighted by Crippen LogP contribution is -2.41. The van der Waals surface area contributed by atoms with Crippen molar-refractivity contribution >= 4 is 11.8 Å². The summed E-state index contributed by atoms with van der Waals surface area (Å²) in [4.78, 5) is 27.2. The predicted molar refractivity (Wildman–Crippen MR) is 123 cm³/mol. The van der Waals surface area contributed by atoms with Gasteiger partial charge in [-0.25, -0.2) is 0 Å². The van der Waals surface area contributed by atoms with Crippen LogP contribution in [0, 0.1) is 6.92 Å². The maximum Gasteiger partial charge on any atom is 0.261 e. The first kappa shape index (κ1) is 22.9. The van der Waals surface area contributed by atoms with Gasteiger partial charge in [-0.3, -0.25) is 9.59 Å². The van der Waals surface area contributed by atoms with E-state index in [0.29, 0.717) is 25.1 Å². The fourth-order valence-electron chi connectivity index (χ4n) is 4.11. The topological polar surface area (TPSA) is 58.6 Å². The summed E-state index contributed by atoms with van der Waals surface area (Å²) in [7, 11) is 0. The largest absolute Gasteiger partial charge is 0.481 e. The third-order valence-electron chi connectivity index (χ3n) is 5.73. The molecule has 0 radical (unpaired) electrons. The highest BCUT2D eigenvalue weighted by Crippen LogP contribution is 2.37. The zero-order valence-corrected chi connectivity index (χ0v) is 19.3. The second-order valence-corrected chi connectivity index (χ2v) is 8.54. The molecule has 31 heavy (non-hydrogen) atoms. The predicted octanol–water partition coefficient (Wildman–Crippen LogP) is 4.56. The molecule has 3 rings (SSSR count). The first-order valence-electron chi connectivity index (χ1n) is 11.3. The third kappa shape index (κ3) is 5.27. The molecule has 2 aromatic carbocycles. The van der Waals surface area contributed by atoms with Crippen LogP contribution in [0.4, 0.5) is 0 Å². The third-order valence-corrected chi connectivity index (χ3v) is 5.73. The van der Waals surface area contributed by atoms with E-state index in [0.717, 1.165) is 17.5 Å². The van der Waals surface area contributed by atoms with Gasteiger partial charge in [-0.15, -0.1) is 0 Å². The summed E-state index contributed by atoms with van der Waals surface area (Å²) in [6.07, 6.45) is 1.32. The van der Waals surface area contributed by atoms with E-state index in [1.165, 1.54) is 11.1 Å². The van der Waals surface area contributed by atoms with Gasteiger partial charge in [0.15, 0.2) is 6.10 Å². The monoisotopic (exact) mass is 422 g/mol. The number of amides is 2. The molecule has 0 bridgehead atoms. The van der Waals surface area contributed by atoms with Gasteiger partial charge in [0.25, 0.3) is 5.91 Å². The highest BCUT2D eigenvalue weighted by Gasteiger charge is 2.32. The maximum atomic E-state index is 12.8. The summed E-state index contributed by atoms with van der Waals surface area (Å²) < 4.78 is 6.10. The van der Waals surface area contributed by atoms with Crippen molar-refractivity contribution in [1.82, 2.24) is 10.2 Å². The molecular weight excluding hydrogens is 388 g/mol. The fourth-order valence-corrected chi connectivity index (χ4v) is 4.11. The molecule has 1 aliphatic rings. The van der Waals surface area contributed by atoms with Crippen LogP contribution >= 0.6 is 0 Å².